The van der Waals surface area contributed by atoms with Gasteiger partial charge in [0.1, 0.15) is 0 Å². The molecule has 0 bridgehead atoms. The Morgan fingerprint density at radius 3 is 2.38 bits per heavy atom. The quantitative estimate of drug-likeness (QED) is 0.539. The van der Waals surface area contributed by atoms with Crippen LogP contribution < -0.4 is 5.73 Å². The van der Waals surface area contributed by atoms with Crippen LogP contribution in [-0.4, -0.2) is 11.8 Å². The molecule has 0 amide bonds. The summed E-state index contributed by atoms with van der Waals surface area (Å²) in [6.45, 7) is 1.66. The molecule has 0 saturated carbocycles. The maximum atomic E-state index is 11.4. The number of hydrogen-bond donors (Lipinski definition) is 1. The molecule has 13 heavy (non-hydrogen) atoms. The smallest absolute Gasteiger partial charge is 0.179 e. The number of terminal acetylenes is 1. The van der Waals surface area contributed by atoms with Crippen molar-refractivity contribution in [3.63, 3.8) is 0 Å². The van der Waals surface area contributed by atoms with E-state index < -0.39 is 6.04 Å². The van der Waals surface area contributed by atoms with E-state index in [1.165, 1.54) is 0 Å². The molecule has 66 valence electrons. The summed E-state index contributed by atoms with van der Waals surface area (Å²) in [5.41, 5.74) is 6.82. The molecule has 0 aliphatic heterocycles. The first kappa shape index (κ1) is 9.50. The van der Waals surface area contributed by atoms with Crippen molar-refractivity contribution in [2.75, 3.05) is 0 Å². The van der Waals surface area contributed by atoms with E-state index in [1.807, 2.05) is 0 Å². The van der Waals surface area contributed by atoms with Crippen molar-refractivity contribution >= 4 is 5.78 Å². The fourth-order valence-electron chi connectivity index (χ4n) is 0.994. The highest BCUT2D eigenvalue weighted by Gasteiger charge is 2.09. The van der Waals surface area contributed by atoms with Gasteiger partial charge in [0.05, 0.1) is 6.04 Å². The third kappa shape index (κ3) is 2.17. The summed E-state index contributed by atoms with van der Waals surface area (Å²) in [7, 11) is 0. The van der Waals surface area contributed by atoms with Crippen LogP contribution in [0.4, 0.5) is 0 Å². The van der Waals surface area contributed by atoms with Gasteiger partial charge in [-0.2, -0.15) is 0 Å². The van der Waals surface area contributed by atoms with Crippen molar-refractivity contribution < 1.29 is 4.79 Å². The van der Waals surface area contributed by atoms with Crippen LogP contribution in [0.5, 0.6) is 0 Å². The molecule has 0 heterocycles. The Labute approximate surface area is 77.8 Å². The summed E-state index contributed by atoms with van der Waals surface area (Å²) in [5.74, 6) is 2.41. The maximum absolute atomic E-state index is 11.4. The highest BCUT2D eigenvalue weighted by atomic mass is 16.1. The van der Waals surface area contributed by atoms with E-state index in [-0.39, 0.29) is 5.78 Å². The van der Waals surface area contributed by atoms with E-state index in [0.29, 0.717) is 5.56 Å². The summed E-state index contributed by atoms with van der Waals surface area (Å²) in [6, 6.07) is 6.39. The molecule has 0 aliphatic carbocycles. The molecule has 0 fully saturated rings. The molecule has 1 aromatic carbocycles. The summed E-state index contributed by atoms with van der Waals surface area (Å²) in [6.07, 6.45) is 5.18. The average molecular weight is 173 g/mol. The van der Waals surface area contributed by atoms with Crippen LogP contribution in [0.3, 0.4) is 0 Å². The largest absolute Gasteiger partial charge is 0.321 e. The Kier molecular flexibility index (Phi) is 2.84. The second kappa shape index (κ2) is 3.88. The van der Waals surface area contributed by atoms with Crippen molar-refractivity contribution in [1.82, 2.24) is 0 Å². The number of hydrogen-bond acceptors (Lipinski definition) is 2. The summed E-state index contributed by atoms with van der Waals surface area (Å²) in [5, 5.41) is 0. The predicted octanol–water partition coefficient (Wildman–Crippen LogP) is 1.20. The first-order chi connectivity index (χ1) is 6.15. The topological polar surface area (TPSA) is 43.1 Å². The molecule has 1 aromatic rings. The maximum Gasteiger partial charge on any atom is 0.179 e. The molecule has 0 radical (unpaired) electrons. The molecular formula is C11H11NO. The molecule has 0 saturated heterocycles. The Hall–Kier alpha value is -1.59. The second-order valence-electron chi connectivity index (χ2n) is 2.87. The van der Waals surface area contributed by atoms with E-state index in [1.54, 1.807) is 31.2 Å². The van der Waals surface area contributed by atoms with Crippen LogP contribution in [0.1, 0.15) is 22.8 Å². The van der Waals surface area contributed by atoms with Crippen molar-refractivity contribution in [3.05, 3.63) is 35.4 Å². The van der Waals surface area contributed by atoms with E-state index in [0.717, 1.165) is 5.56 Å². The van der Waals surface area contributed by atoms with Crippen LogP contribution in [0.25, 0.3) is 0 Å². The Balaban J connectivity index is 2.94. The number of carbonyl (C=O) groups is 1. The lowest BCUT2D eigenvalue weighted by atomic mass is 10.0. The molecule has 1 atom stereocenters. The zero-order valence-corrected chi connectivity index (χ0v) is 7.45. The first-order valence-corrected chi connectivity index (χ1v) is 4.01. The molecule has 0 aliphatic rings. The highest BCUT2D eigenvalue weighted by molar-refractivity contribution is 5.99. The van der Waals surface area contributed by atoms with Gasteiger partial charge in [-0.15, -0.1) is 6.42 Å². The summed E-state index contributed by atoms with van der Waals surface area (Å²) in [4.78, 5) is 11.4. The van der Waals surface area contributed by atoms with Crippen LogP contribution >= 0.6 is 0 Å². The Morgan fingerprint density at radius 2 is 2.00 bits per heavy atom. The minimum atomic E-state index is -0.461. The first-order valence-electron chi connectivity index (χ1n) is 4.01. The minimum absolute atomic E-state index is 0.0661. The molecule has 0 spiro atoms. The SMILES string of the molecule is C#Cc1ccc(C(=O)C(C)N)cc1. The van der Waals surface area contributed by atoms with Gasteiger partial charge < -0.3 is 5.73 Å². The van der Waals surface area contributed by atoms with Crippen molar-refractivity contribution in [2.24, 2.45) is 5.73 Å². The fourth-order valence-corrected chi connectivity index (χ4v) is 0.994. The second-order valence-corrected chi connectivity index (χ2v) is 2.87. The number of carbonyl (C=O) groups excluding carboxylic acids is 1. The van der Waals surface area contributed by atoms with Crippen molar-refractivity contribution in [3.8, 4) is 12.3 Å². The molecule has 1 rings (SSSR count). The number of benzene rings is 1. The van der Waals surface area contributed by atoms with Gasteiger partial charge >= 0.3 is 0 Å². The lowest BCUT2D eigenvalue weighted by Crippen LogP contribution is -2.26. The van der Waals surface area contributed by atoms with Gasteiger partial charge in [-0.3, -0.25) is 4.79 Å². The van der Waals surface area contributed by atoms with Gasteiger partial charge in [-0.25, -0.2) is 0 Å². The molecule has 2 heteroatoms. The monoisotopic (exact) mass is 173 g/mol. The summed E-state index contributed by atoms with van der Waals surface area (Å²) >= 11 is 0. The van der Waals surface area contributed by atoms with Gasteiger partial charge in [0, 0.05) is 11.1 Å². The average Bonchev–Trinajstić information content (AvgIpc) is 2.17. The normalized spacial score (nSPS) is 11.8. The third-order valence-corrected chi connectivity index (χ3v) is 1.75. The molecule has 2 nitrogen and oxygen atoms in total. The van der Waals surface area contributed by atoms with Crippen molar-refractivity contribution in [2.45, 2.75) is 13.0 Å². The van der Waals surface area contributed by atoms with Gasteiger partial charge in [-0.1, -0.05) is 18.1 Å². The van der Waals surface area contributed by atoms with Crippen LogP contribution in [0, 0.1) is 12.3 Å². The molecule has 1 unspecified atom stereocenters. The third-order valence-electron chi connectivity index (χ3n) is 1.75. The molecular weight excluding hydrogens is 162 g/mol. The van der Waals surface area contributed by atoms with Gasteiger partial charge in [0.2, 0.25) is 0 Å². The Bertz CT molecular complexity index is 343. The van der Waals surface area contributed by atoms with Gasteiger partial charge in [0.15, 0.2) is 5.78 Å². The van der Waals surface area contributed by atoms with E-state index in [9.17, 15) is 4.79 Å². The summed E-state index contributed by atoms with van der Waals surface area (Å²) < 4.78 is 0. The molecule has 0 aromatic heterocycles. The number of ketones is 1. The number of nitrogens with two attached hydrogens (primary N) is 1. The Morgan fingerprint density at radius 1 is 1.46 bits per heavy atom. The predicted molar refractivity (Wildman–Crippen MR) is 52.4 cm³/mol. The number of rotatable bonds is 2. The van der Waals surface area contributed by atoms with E-state index >= 15 is 0 Å². The zero-order chi connectivity index (χ0) is 9.84. The molecule has 2 N–H and O–H groups in total. The van der Waals surface area contributed by atoms with Crippen LogP contribution in [0.2, 0.25) is 0 Å². The van der Waals surface area contributed by atoms with Crippen LogP contribution in [-0.2, 0) is 0 Å². The number of Topliss-reactive ketones (excluding diaryl/α,β-unsaturated/α-hetero) is 1. The lowest BCUT2D eigenvalue weighted by molar-refractivity contribution is 0.0968. The van der Waals surface area contributed by atoms with E-state index in [4.69, 9.17) is 12.2 Å². The highest BCUT2D eigenvalue weighted by Crippen LogP contribution is 2.05. The van der Waals surface area contributed by atoms with E-state index in [2.05, 4.69) is 5.92 Å². The standard InChI is InChI=1S/C11H11NO/c1-3-9-4-6-10(7-5-9)11(13)8(2)12/h1,4-8H,12H2,2H3. The van der Waals surface area contributed by atoms with Gasteiger partial charge in [0.25, 0.3) is 0 Å². The van der Waals surface area contributed by atoms with Crippen molar-refractivity contribution in [1.29, 1.82) is 0 Å². The van der Waals surface area contributed by atoms with Crippen LogP contribution in [0.15, 0.2) is 24.3 Å². The fraction of sp³-hybridized carbons (Fsp3) is 0.182. The minimum Gasteiger partial charge on any atom is -0.321 e. The van der Waals surface area contributed by atoms with Gasteiger partial charge in [-0.05, 0) is 19.1 Å². The lowest BCUT2D eigenvalue weighted by Gasteiger charge is -2.03. The zero-order valence-electron chi connectivity index (χ0n) is 7.45.